The number of nitrogens with zero attached hydrogens (tertiary/aromatic N) is 2. The number of oxime groups is 1. The molecule has 4 nitrogen and oxygen atoms in total. The van der Waals surface area contributed by atoms with Crippen LogP contribution in [-0.2, 0) is 13.0 Å². The lowest BCUT2D eigenvalue weighted by Gasteiger charge is -2.12. The molecule has 0 aromatic heterocycles. The van der Waals surface area contributed by atoms with Gasteiger partial charge in [-0.15, -0.1) is 0 Å². The van der Waals surface area contributed by atoms with E-state index in [-0.39, 0.29) is 5.71 Å². The Morgan fingerprint density at radius 3 is 2.48 bits per heavy atom. The molecule has 0 aliphatic rings. The first kappa shape index (κ1) is 14.6. The Morgan fingerprint density at radius 2 is 1.81 bits per heavy atom. The summed E-state index contributed by atoms with van der Waals surface area (Å²) in [6.07, 6.45) is 0.888. The summed E-state index contributed by atoms with van der Waals surface area (Å²) in [6, 6.07) is 17.0. The van der Waals surface area contributed by atoms with Crippen LogP contribution < -0.4 is 4.74 Å². The van der Waals surface area contributed by atoms with Gasteiger partial charge in [0.25, 0.3) is 0 Å². The fourth-order valence-corrected chi connectivity index (χ4v) is 2.11. The predicted molar refractivity (Wildman–Crippen MR) is 80.5 cm³/mol. The van der Waals surface area contributed by atoms with Crippen molar-refractivity contribution in [1.82, 2.24) is 0 Å². The van der Waals surface area contributed by atoms with E-state index >= 15 is 0 Å². The van der Waals surface area contributed by atoms with Gasteiger partial charge >= 0.3 is 0 Å². The summed E-state index contributed by atoms with van der Waals surface area (Å²) in [4.78, 5) is 0. The fraction of sp³-hybridized carbons (Fsp3) is 0.176. The van der Waals surface area contributed by atoms with E-state index in [0.29, 0.717) is 12.2 Å². The third-order valence-corrected chi connectivity index (χ3v) is 3.22. The SMILES string of the molecule is CCc1ccccc1OCc1ccccc1/C(C#N)=N\O. The summed E-state index contributed by atoms with van der Waals surface area (Å²) in [7, 11) is 0. The van der Waals surface area contributed by atoms with E-state index in [9.17, 15) is 0 Å². The van der Waals surface area contributed by atoms with Crippen molar-refractivity contribution in [2.45, 2.75) is 20.0 Å². The third-order valence-electron chi connectivity index (χ3n) is 3.22. The zero-order valence-electron chi connectivity index (χ0n) is 11.8. The average Bonchev–Trinajstić information content (AvgIpc) is 2.55. The minimum absolute atomic E-state index is 0.0158. The van der Waals surface area contributed by atoms with Crippen LogP contribution in [0.25, 0.3) is 0 Å². The Bertz CT molecular complexity index is 687. The van der Waals surface area contributed by atoms with Crippen LogP contribution in [0.4, 0.5) is 0 Å². The molecule has 0 radical (unpaired) electrons. The third kappa shape index (κ3) is 3.40. The molecule has 0 saturated heterocycles. The Kier molecular flexibility index (Phi) is 4.94. The zero-order chi connectivity index (χ0) is 15.1. The number of hydrogen-bond acceptors (Lipinski definition) is 4. The maximum Gasteiger partial charge on any atom is 0.187 e. The standard InChI is InChI=1S/C17H16N2O2/c1-2-13-7-4-6-10-17(13)21-12-14-8-3-5-9-15(14)16(11-18)19-20/h3-10,20H,2,12H2,1H3/b19-16-. The highest BCUT2D eigenvalue weighted by Crippen LogP contribution is 2.20. The van der Waals surface area contributed by atoms with Crippen molar-refractivity contribution in [3.63, 3.8) is 0 Å². The van der Waals surface area contributed by atoms with E-state index in [1.165, 1.54) is 0 Å². The summed E-state index contributed by atoms with van der Waals surface area (Å²) in [5.41, 5.74) is 2.50. The molecule has 106 valence electrons. The number of ether oxygens (including phenoxy) is 1. The highest BCUT2D eigenvalue weighted by Gasteiger charge is 2.10. The van der Waals surface area contributed by atoms with Crippen molar-refractivity contribution < 1.29 is 9.94 Å². The van der Waals surface area contributed by atoms with Crippen LogP contribution in [0.5, 0.6) is 5.75 Å². The van der Waals surface area contributed by atoms with Crippen molar-refractivity contribution in [3.8, 4) is 11.8 Å². The number of aryl methyl sites for hydroxylation is 1. The molecule has 0 fully saturated rings. The van der Waals surface area contributed by atoms with Gasteiger partial charge in [-0.1, -0.05) is 54.5 Å². The van der Waals surface area contributed by atoms with Crippen LogP contribution in [0, 0.1) is 11.3 Å². The number of rotatable bonds is 5. The van der Waals surface area contributed by atoms with Gasteiger partial charge in [-0.05, 0) is 23.6 Å². The molecule has 0 saturated carbocycles. The van der Waals surface area contributed by atoms with Crippen molar-refractivity contribution in [1.29, 1.82) is 5.26 Å². The molecule has 0 spiro atoms. The smallest absolute Gasteiger partial charge is 0.187 e. The number of hydrogen-bond donors (Lipinski definition) is 1. The molecule has 4 heteroatoms. The van der Waals surface area contributed by atoms with E-state index in [1.54, 1.807) is 12.1 Å². The first-order valence-corrected chi connectivity index (χ1v) is 6.71. The van der Waals surface area contributed by atoms with E-state index in [0.717, 1.165) is 23.3 Å². The van der Waals surface area contributed by atoms with Crippen molar-refractivity contribution in [2.75, 3.05) is 0 Å². The van der Waals surface area contributed by atoms with E-state index in [4.69, 9.17) is 15.2 Å². The van der Waals surface area contributed by atoms with Crippen molar-refractivity contribution >= 4 is 5.71 Å². The predicted octanol–water partition coefficient (Wildman–Crippen LogP) is 3.53. The molecule has 1 N–H and O–H groups in total. The zero-order valence-corrected chi connectivity index (χ0v) is 11.8. The highest BCUT2D eigenvalue weighted by molar-refractivity contribution is 6.12. The molecular weight excluding hydrogens is 264 g/mol. The summed E-state index contributed by atoms with van der Waals surface area (Å²) in [5, 5.41) is 20.9. The topological polar surface area (TPSA) is 65.6 Å². The van der Waals surface area contributed by atoms with Crippen molar-refractivity contribution in [3.05, 3.63) is 65.2 Å². The van der Waals surface area contributed by atoms with Gasteiger partial charge in [0.05, 0.1) is 0 Å². The normalized spacial score (nSPS) is 11.0. The Balaban J connectivity index is 2.23. The molecule has 2 aromatic carbocycles. The molecule has 2 rings (SSSR count). The molecule has 0 amide bonds. The number of benzene rings is 2. The Hall–Kier alpha value is -2.80. The molecule has 0 atom stereocenters. The maximum atomic E-state index is 8.99. The minimum atomic E-state index is -0.0158. The first-order valence-electron chi connectivity index (χ1n) is 6.71. The lowest BCUT2D eigenvalue weighted by atomic mass is 10.0. The first-order chi connectivity index (χ1) is 10.3. The quantitative estimate of drug-likeness (QED) is 0.517. The summed E-state index contributed by atoms with van der Waals surface area (Å²) in [5.74, 6) is 0.828. The van der Waals surface area contributed by atoms with Crippen LogP contribution in [0.3, 0.4) is 0 Å². The summed E-state index contributed by atoms with van der Waals surface area (Å²) in [6.45, 7) is 2.39. The van der Waals surface area contributed by atoms with Crippen LogP contribution >= 0.6 is 0 Å². The van der Waals surface area contributed by atoms with Crippen LogP contribution in [0.1, 0.15) is 23.6 Å². The van der Waals surface area contributed by atoms with Gasteiger partial charge in [0.2, 0.25) is 0 Å². The molecular formula is C17H16N2O2. The summed E-state index contributed by atoms with van der Waals surface area (Å²) >= 11 is 0. The van der Waals surface area contributed by atoms with Crippen LogP contribution in [-0.4, -0.2) is 10.9 Å². The second-order valence-corrected chi connectivity index (χ2v) is 4.47. The summed E-state index contributed by atoms with van der Waals surface area (Å²) < 4.78 is 5.85. The molecule has 0 bridgehead atoms. The minimum Gasteiger partial charge on any atom is -0.489 e. The molecule has 0 aliphatic heterocycles. The van der Waals surface area contributed by atoms with E-state index < -0.39 is 0 Å². The maximum absolute atomic E-state index is 8.99. The largest absolute Gasteiger partial charge is 0.489 e. The second-order valence-electron chi connectivity index (χ2n) is 4.47. The number of para-hydroxylation sites is 1. The van der Waals surface area contributed by atoms with E-state index in [1.807, 2.05) is 42.5 Å². The van der Waals surface area contributed by atoms with Crippen LogP contribution in [0.15, 0.2) is 53.7 Å². The van der Waals surface area contributed by atoms with Gasteiger partial charge in [-0.2, -0.15) is 5.26 Å². The molecule has 21 heavy (non-hydrogen) atoms. The molecule has 0 unspecified atom stereocenters. The van der Waals surface area contributed by atoms with E-state index in [2.05, 4.69) is 12.1 Å². The van der Waals surface area contributed by atoms with Gasteiger partial charge in [0.1, 0.15) is 18.4 Å². The average molecular weight is 280 g/mol. The van der Waals surface area contributed by atoms with Gasteiger partial charge in [-0.3, -0.25) is 0 Å². The monoisotopic (exact) mass is 280 g/mol. The highest BCUT2D eigenvalue weighted by atomic mass is 16.5. The molecule has 0 heterocycles. The lowest BCUT2D eigenvalue weighted by Crippen LogP contribution is -2.06. The lowest BCUT2D eigenvalue weighted by molar-refractivity contribution is 0.302. The number of nitriles is 1. The second kappa shape index (κ2) is 7.11. The van der Waals surface area contributed by atoms with Gasteiger partial charge in [0, 0.05) is 5.56 Å². The van der Waals surface area contributed by atoms with Gasteiger partial charge in [0.15, 0.2) is 5.71 Å². The fourth-order valence-electron chi connectivity index (χ4n) is 2.11. The Morgan fingerprint density at radius 1 is 1.14 bits per heavy atom. The Labute approximate surface area is 123 Å². The van der Waals surface area contributed by atoms with Crippen LogP contribution in [0.2, 0.25) is 0 Å². The van der Waals surface area contributed by atoms with Gasteiger partial charge in [-0.25, -0.2) is 0 Å². The molecule has 0 aliphatic carbocycles. The van der Waals surface area contributed by atoms with Gasteiger partial charge < -0.3 is 9.94 Å². The molecule has 2 aromatic rings. The van der Waals surface area contributed by atoms with Crippen molar-refractivity contribution in [2.24, 2.45) is 5.16 Å².